The van der Waals surface area contributed by atoms with Gasteiger partial charge in [0.05, 0.1) is 12.3 Å². The molecule has 1 aromatic heterocycles. The second kappa shape index (κ2) is 12.1. The summed E-state index contributed by atoms with van der Waals surface area (Å²) < 4.78 is 1.26. The summed E-state index contributed by atoms with van der Waals surface area (Å²) in [7, 11) is 1.53. The Kier molecular flexibility index (Phi) is 9.81. The first-order valence-corrected chi connectivity index (χ1v) is 12.3. The average Bonchev–Trinajstić information content (AvgIpc) is 2.74. The second-order valence-electron chi connectivity index (χ2n) is 8.89. The number of nitrogens with zero attached hydrogens (tertiary/aromatic N) is 3. The molecular formula is C23H32ClN5O4S. The highest BCUT2D eigenvalue weighted by Crippen LogP contribution is 2.22. The van der Waals surface area contributed by atoms with Gasteiger partial charge in [0.2, 0.25) is 11.8 Å². The number of carbonyl (C=O) groups excluding carboxylic acids is 2. The van der Waals surface area contributed by atoms with Crippen LogP contribution in [0.2, 0.25) is 5.02 Å². The van der Waals surface area contributed by atoms with Crippen LogP contribution < -0.4 is 21.9 Å². The third kappa shape index (κ3) is 7.39. The summed E-state index contributed by atoms with van der Waals surface area (Å²) in [5, 5.41) is 0.609. The molecule has 0 aliphatic rings. The largest absolute Gasteiger partial charge is 0.383 e. The van der Waals surface area contributed by atoms with E-state index in [1.54, 1.807) is 12.1 Å². The first-order valence-electron chi connectivity index (χ1n) is 11.0. The number of thioether (sulfide) groups is 1. The van der Waals surface area contributed by atoms with Gasteiger partial charge in [0.25, 0.3) is 5.56 Å². The van der Waals surface area contributed by atoms with Crippen LogP contribution in [0.5, 0.6) is 0 Å². The van der Waals surface area contributed by atoms with Crippen molar-refractivity contribution in [3.05, 3.63) is 50.1 Å². The van der Waals surface area contributed by atoms with Crippen LogP contribution in [0, 0.1) is 11.8 Å². The number of anilines is 2. The number of nitrogens with two attached hydrogens (primary N) is 1. The molecule has 0 bridgehead atoms. The van der Waals surface area contributed by atoms with Crippen molar-refractivity contribution in [1.29, 1.82) is 0 Å². The third-order valence-electron chi connectivity index (χ3n) is 4.85. The van der Waals surface area contributed by atoms with E-state index in [2.05, 4.69) is 4.98 Å². The van der Waals surface area contributed by atoms with Crippen LogP contribution in [0.3, 0.4) is 0 Å². The fourth-order valence-corrected chi connectivity index (χ4v) is 4.20. The van der Waals surface area contributed by atoms with E-state index in [4.69, 9.17) is 17.3 Å². The molecule has 0 aliphatic heterocycles. The number of aromatic nitrogens is 2. The summed E-state index contributed by atoms with van der Waals surface area (Å²) in [5.41, 5.74) is 4.79. The zero-order valence-corrected chi connectivity index (χ0v) is 21.7. The molecule has 0 radical (unpaired) electrons. The molecular weight excluding hydrogens is 478 g/mol. The minimum Gasteiger partial charge on any atom is -0.383 e. The van der Waals surface area contributed by atoms with Gasteiger partial charge in [-0.2, -0.15) is 0 Å². The molecule has 0 spiro atoms. The molecule has 0 atom stereocenters. The van der Waals surface area contributed by atoms with Crippen LogP contribution >= 0.6 is 23.4 Å². The van der Waals surface area contributed by atoms with E-state index in [-0.39, 0.29) is 48.1 Å². The van der Waals surface area contributed by atoms with Gasteiger partial charge in [-0.1, -0.05) is 39.3 Å². The van der Waals surface area contributed by atoms with Crippen LogP contribution in [-0.4, -0.2) is 52.2 Å². The summed E-state index contributed by atoms with van der Waals surface area (Å²) in [6.45, 7) is 7.87. The number of hydrogen-bond acceptors (Lipinski definition) is 6. The van der Waals surface area contributed by atoms with Crippen LogP contribution in [0.25, 0.3) is 0 Å². The number of nitrogens with one attached hydrogen (secondary N) is 1. The van der Waals surface area contributed by atoms with Crippen LogP contribution in [0.15, 0.2) is 38.8 Å². The van der Waals surface area contributed by atoms with E-state index in [1.807, 2.05) is 39.8 Å². The van der Waals surface area contributed by atoms with Crippen molar-refractivity contribution in [1.82, 2.24) is 14.5 Å². The number of H-pyrrole nitrogens is 1. The highest BCUT2D eigenvalue weighted by atomic mass is 35.5. The number of amides is 2. The smallest absolute Gasteiger partial charge is 0.330 e. The Labute approximate surface area is 208 Å². The summed E-state index contributed by atoms with van der Waals surface area (Å²) in [6.07, 6.45) is 0. The molecule has 2 aromatic rings. The minimum absolute atomic E-state index is 0.00898. The Balaban J connectivity index is 2.24. The molecule has 2 rings (SSSR count). The summed E-state index contributed by atoms with van der Waals surface area (Å²) >= 11 is 7.22. The predicted octanol–water partition coefficient (Wildman–Crippen LogP) is 2.67. The van der Waals surface area contributed by atoms with E-state index < -0.39 is 17.2 Å². The van der Waals surface area contributed by atoms with Gasteiger partial charge >= 0.3 is 5.69 Å². The predicted molar refractivity (Wildman–Crippen MR) is 138 cm³/mol. The van der Waals surface area contributed by atoms with Crippen molar-refractivity contribution in [2.24, 2.45) is 11.8 Å². The zero-order valence-electron chi connectivity index (χ0n) is 20.1. The lowest BCUT2D eigenvalue weighted by Crippen LogP contribution is -2.47. The molecule has 34 heavy (non-hydrogen) atoms. The number of aromatic amines is 1. The quantitative estimate of drug-likeness (QED) is 0.475. The molecule has 0 unspecified atom stereocenters. The van der Waals surface area contributed by atoms with Crippen LogP contribution in [-0.2, 0) is 16.1 Å². The first kappa shape index (κ1) is 27.5. The number of rotatable bonds is 10. The van der Waals surface area contributed by atoms with Crippen LogP contribution in [0.4, 0.5) is 11.5 Å². The molecule has 2 amide bonds. The molecule has 1 heterocycles. The van der Waals surface area contributed by atoms with Gasteiger partial charge in [-0.3, -0.25) is 23.9 Å². The lowest BCUT2D eigenvalue weighted by atomic mass is 10.2. The standard InChI is InChI=1S/C23H32ClN5O4S/c1-14(2)10-28(20-21(25)29(11-15(3)4)23(33)26-22(20)32)18(30)12-27(5)19(31)13-34-17-8-6-16(24)7-9-17/h6-9,14-15H,10-13,25H2,1-5H3,(H,26,32,33). The van der Waals surface area contributed by atoms with Gasteiger partial charge in [-0.05, 0) is 36.1 Å². The Morgan fingerprint density at radius 1 is 1.09 bits per heavy atom. The summed E-state index contributed by atoms with van der Waals surface area (Å²) in [6, 6.07) is 7.12. The lowest BCUT2D eigenvalue weighted by molar-refractivity contribution is -0.131. The van der Waals surface area contributed by atoms with Gasteiger partial charge in [0, 0.05) is 30.1 Å². The third-order valence-corrected chi connectivity index (χ3v) is 6.10. The molecule has 9 nitrogen and oxygen atoms in total. The van der Waals surface area contributed by atoms with Gasteiger partial charge < -0.3 is 15.5 Å². The van der Waals surface area contributed by atoms with Gasteiger partial charge in [-0.15, -0.1) is 11.8 Å². The molecule has 0 saturated heterocycles. The van der Waals surface area contributed by atoms with Gasteiger partial charge in [-0.25, -0.2) is 4.79 Å². The number of nitrogen functional groups attached to an aromatic ring is 1. The fourth-order valence-electron chi connectivity index (χ4n) is 3.23. The van der Waals surface area contributed by atoms with Crippen molar-refractivity contribution in [3.8, 4) is 0 Å². The molecule has 11 heteroatoms. The van der Waals surface area contributed by atoms with Crippen LogP contribution in [0.1, 0.15) is 27.7 Å². The SMILES string of the molecule is CC(C)CN(C(=O)CN(C)C(=O)CSc1ccc(Cl)cc1)c1c(N)n(CC(C)C)c(=O)[nH]c1=O. The summed E-state index contributed by atoms with van der Waals surface area (Å²) in [5.74, 6) is -0.539. The molecule has 0 fully saturated rings. The minimum atomic E-state index is -0.733. The van der Waals surface area contributed by atoms with Crippen molar-refractivity contribution < 1.29 is 9.59 Å². The molecule has 0 aliphatic carbocycles. The van der Waals surface area contributed by atoms with E-state index >= 15 is 0 Å². The number of benzene rings is 1. The Morgan fingerprint density at radius 2 is 1.71 bits per heavy atom. The van der Waals surface area contributed by atoms with Gasteiger partial charge in [0.15, 0.2) is 5.69 Å². The number of hydrogen-bond donors (Lipinski definition) is 2. The van der Waals surface area contributed by atoms with E-state index in [0.717, 1.165) is 4.90 Å². The Bertz CT molecular complexity index is 1130. The number of halogens is 1. The molecule has 1 aromatic carbocycles. The molecule has 3 N–H and O–H groups in total. The van der Waals surface area contributed by atoms with Crippen molar-refractivity contribution in [3.63, 3.8) is 0 Å². The van der Waals surface area contributed by atoms with Crippen molar-refractivity contribution in [2.75, 3.05) is 36.5 Å². The Morgan fingerprint density at radius 3 is 2.26 bits per heavy atom. The van der Waals surface area contributed by atoms with Crippen molar-refractivity contribution >= 4 is 46.7 Å². The highest BCUT2D eigenvalue weighted by molar-refractivity contribution is 8.00. The van der Waals surface area contributed by atoms with E-state index in [1.165, 1.54) is 33.2 Å². The second-order valence-corrected chi connectivity index (χ2v) is 10.4. The molecule has 0 saturated carbocycles. The normalized spacial score (nSPS) is 11.2. The first-order chi connectivity index (χ1) is 15.9. The maximum absolute atomic E-state index is 13.2. The maximum Gasteiger partial charge on any atom is 0.330 e. The monoisotopic (exact) mass is 509 g/mol. The highest BCUT2D eigenvalue weighted by Gasteiger charge is 2.27. The Hall–Kier alpha value is -2.72. The van der Waals surface area contributed by atoms with Crippen molar-refractivity contribution in [2.45, 2.75) is 39.1 Å². The topological polar surface area (TPSA) is 121 Å². The fraction of sp³-hybridized carbons (Fsp3) is 0.478. The lowest BCUT2D eigenvalue weighted by Gasteiger charge is -2.28. The zero-order chi connectivity index (χ0) is 25.6. The maximum atomic E-state index is 13.2. The average molecular weight is 510 g/mol. The number of likely N-dealkylation sites (N-methyl/N-ethyl adjacent to an activating group) is 1. The molecule has 186 valence electrons. The number of carbonyl (C=O) groups is 2. The summed E-state index contributed by atoms with van der Waals surface area (Å²) in [4.78, 5) is 56.6. The van der Waals surface area contributed by atoms with E-state index in [9.17, 15) is 19.2 Å². The van der Waals surface area contributed by atoms with Gasteiger partial charge in [0.1, 0.15) is 5.82 Å². The van der Waals surface area contributed by atoms with E-state index in [0.29, 0.717) is 11.6 Å².